The van der Waals surface area contributed by atoms with Gasteiger partial charge in [-0.1, -0.05) is 41.4 Å². The maximum Gasteiger partial charge on any atom is 0.335 e. The number of carboxylic acids is 1. The van der Waals surface area contributed by atoms with Crippen molar-refractivity contribution in [2.24, 2.45) is 5.10 Å². The van der Waals surface area contributed by atoms with Gasteiger partial charge < -0.3 is 14.6 Å². The van der Waals surface area contributed by atoms with Gasteiger partial charge in [0.15, 0.2) is 11.5 Å². The summed E-state index contributed by atoms with van der Waals surface area (Å²) in [6, 6.07) is 15.7. The number of unbranched alkanes of at least 4 members (excludes halogenated alkanes) is 1. The first-order valence-corrected chi connectivity index (χ1v) is 14.3. The molecule has 0 aliphatic rings. The molecule has 8 nitrogen and oxygen atoms in total. The monoisotopic (exact) mass is 703 g/mol. The van der Waals surface area contributed by atoms with Gasteiger partial charge >= 0.3 is 5.97 Å². The van der Waals surface area contributed by atoms with E-state index in [1.54, 1.807) is 36.5 Å². The van der Waals surface area contributed by atoms with Crippen LogP contribution in [0, 0.1) is 3.57 Å². The smallest absolute Gasteiger partial charge is 0.335 e. The van der Waals surface area contributed by atoms with Gasteiger partial charge in [-0.15, -0.1) is 0 Å². The Labute approximate surface area is 248 Å². The van der Waals surface area contributed by atoms with E-state index in [2.05, 4.69) is 50.5 Å². The molecule has 0 fully saturated rings. The average Bonchev–Trinajstić information content (AvgIpc) is 2.92. The van der Waals surface area contributed by atoms with Gasteiger partial charge in [-0.05, 0) is 89.5 Å². The molecular weight excluding hydrogens is 677 g/mol. The van der Waals surface area contributed by atoms with Gasteiger partial charge in [0.25, 0.3) is 5.56 Å². The number of carboxylic acid groups (broad SMARTS) is 1. The van der Waals surface area contributed by atoms with Gasteiger partial charge in [0.05, 0.1) is 32.9 Å². The van der Waals surface area contributed by atoms with Gasteiger partial charge in [0, 0.05) is 10.9 Å². The number of ether oxygens (including phenoxy) is 2. The predicted molar refractivity (Wildman–Crippen MR) is 163 cm³/mol. The summed E-state index contributed by atoms with van der Waals surface area (Å²) in [6.07, 6.45) is 4.12. The van der Waals surface area contributed by atoms with E-state index in [-0.39, 0.29) is 17.7 Å². The molecule has 1 N–H and O–H groups in total. The predicted octanol–water partition coefficient (Wildman–Crippen LogP) is 6.66. The van der Waals surface area contributed by atoms with E-state index in [4.69, 9.17) is 19.6 Å². The van der Waals surface area contributed by atoms with Crippen molar-refractivity contribution in [3.05, 3.63) is 95.5 Å². The zero-order chi connectivity index (χ0) is 27.9. The summed E-state index contributed by atoms with van der Waals surface area (Å²) in [5, 5.41) is 14.1. The Bertz CT molecular complexity index is 1590. The molecule has 0 atom stereocenters. The molecule has 10 heteroatoms. The molecule has 0 unspecified atom stereocenters. The van der Waals surface area contributed by atoms with Crippen LogP contribution in [-0.2, 0) is 13.0 Å². The molecule has 0 saturated heterocycles. The second-order valence-electron chi connectivity index (χ2n) is 8.71. The molecule has 0 radical (unpaired) electrons. The lowest BCUT2D eigenvalue weighted by Crippen LogP contribution is -2.22. The highest BCUT2D eigenvalue weighted by Crippen LogP contribution is 2.34. The molecule has 0 saturated carbocycles. The normalized spacial score (nSPS) is 11.3. The number of aromatic carboxylic acids is 1. The maximum absolute atomic E-state index is 13.4. The lowest BCUT2D eigenvalue weighted by molar-refractivity contribution is 0.0697. The summed E-state index contributed by atoms with van der Waals surface area (Å²) in [6.45, 7) is 4.67. The third-order valence-corrected chi connectivity index (χ3v) is 7.16. The van der Waals surface area contributed by atoms with Gasteiger partial charge in [-0.25, -0.2) is 9.78 Å². The number of benzene rings is 3. The van der Waals surface area contributed by atoms with E-state index in [0.717, 1.165) is 32.0 Å². The summed E-state index contributed by atoms with van der Waals surface area (Å²) in [4.78, 5) is 29.2. The van der Waals surface area contributed by atoms with E-state index < -0.39 is 5.97 Å². The number of hydrogen-bond donors (Lipinski definition) is 1. The molecule has 202 valence electrons. The van der Waals surface area contributed by atoms with E-state index in [1.807, 2.05) is 31.2 Å². The first-order valence-electron chi connectivity index (χ1n) is 12.5. The fraction of sp³-hybridized carbons (Fsp3) is 0.241. The number of fused-ring (bicyclic) bond motifs is 1. The minimum absolute atomic E-state index is 0.221. The maximum atomic E-state index is 13.4. The van der Waals surface area contributed by atoms with Crippen LogP contribution in [0.5, 0.6) is 11.5 Å². The zero-order valence-corrected chi connectivity index (χ0v) is 25.2. The average molecular weight is 704 g/mol. The third-order valence-electron chi connectivity index (χ3n) is 5.87. The van der Waals surface area contributed by atoms with E-state index >= 15 is 0 Å². The van der Waals surface area contributed by atoms with Gasteiger partial charge in [0.1, 0.15) is 12.4 Å². The summed E-state index contributed by atoms with van der Waals surface area (Å²) in [7, 11) is 0. The lowest BCUT2D eigenvalue weighted by atomic mass is 10.1. The fourth-order valence-electron chi connectivity index (χ4n) is 3.90. The molecular formula is C29H27BrIN3O5. The van der Waals surface area contributed by atoms with Crippen LogP contribution in [0.1, 0.15) is 54.0 Å². The second-order valence-corrected chi connectivity index (χ2v) is 10.8. The highest BCUT2D eigenvalue weighted by atomic mass is 127. The van der Waals surface area contributed by atoms with E-state index in [9.17, 15) is 9.59 Å². The summed E-state index contributed by atoms with van der Waals surface area (Å²) in [5.74, 6) is 0.767. The molecule has 1 aromatic heterocycles. The second kappa shape index (κ2) is 13.2. The molecule has 1 heterocycles. The van der Waals surface area contributed by atoms with Gasteiger partial charge in [-0.3, -0.25) is 4.79 Å². The Kier molecular flexibility index (Phi) is 9.73. The molecule has 0 aliphatic carbocycles. The SMILES string of the molecule is CCCCc1nc2ccc(Br)cc2c(=O)n1N=Cc1cc(I)c(OCc2ccc(C(=O)O)cc2)c(OCC)c1. The molecule has 3 aromatic carbocycles. The van der Waals surface area contributed by atoms with Crippen molar-refractivity contribution in [2.75, 3.05) is 6.61 Å². The number of carbonyl (C=O) groups is 1. The number of nitrogens with zero attached hydrogens (tertiary/aromatic N) is 3. The van der Waals surface area contributed by atoms with Crippen LogP contribution >= 0.6 is 38.5 Å². The largest absolute Gasteiger partial charge is 0.490 e. The van der Waals surface area contributed by atoms with Crippen molar-refractivity contribution in [3.8, 4) is 11.5 Å². The fourth-order valence-corrected chi connectivity index (χ4v) is 5.04. The van der Waals surface area contributed by atoms with Crippen LogP contribution in [0.25, 0.3) is 10.9 Å². The molecule has 0 bridgehead atoms. The highest BCUT2D eigenvalue weighted by molar-refractivity contribution is 14.1. The van der Waals surface area contributed by atoms with Crippen LogP contribution < -0.4 is 15.0 Å². The standard InChI is InChI=1S/C29H27BrIN3O5/c1-3-5-6-26-33-24-12-11-21(30)15-22(24)28(35)34(26)32-16-19-13-23(31)27(25(14-19)38-4-2)39-17-18-7-9-20(10-8-18)29(36)37/h7-16H,3-6,17H2,1-2H3,(H,36,37). The molecule has 0 aliphatic heterocycles. The Morgan fingerprint density at radius 2 is 1.90 bits per heavy atom. The molecule has 0 spiro atoms. The summed E-state index contributed by atoms with van der Waals surface area (Å²) < 4.78 is 14.9. The number of halogens is 2. The Hall–Kier alpha value is -3.25. The molecule has 4 aromatic rings. The number of aromatic nitrogens is 2. The van der Waals surface area contributed by atoms with Crippen LogP contribution in [-0.4, -0.2) is 33.6 Å². The van der Waals surface area contributed by atoms with Crippen LogP contribution in [0.4, 0.5) is 0 Å². The van der Waals surface area contributed by atoms with Crippen LogP contribution in [0.15, 0.2) is 69.0 Å². The Morgan fingerprint density at radius 3 is 2.59 bits per heavy atom. The zero-order valence-electron chi connectivity index (χ0n) is 21.5. The van der Waals surface area contributed by atoms with Crippen LogP contribution in [0.2, 0.25) is 0 Å². The van der Waals surface area contributed by atoms with Crippen molar-refractivity contribution >= 4 is 61.6 Å². The molecule has 4 rings (SSSR count). The Morgan fingerprint density at radius 1 is 1.13 bits per heavy atom. The van der Waals surface area contributed by atoms with Crippen molar-refractivity contribution in [1.29, 1.82) is 0 Å². The highest BCUT2D eigenvalue weighted by Gasteiger charge is 2.14. The van der Waals surface area contributed by atoms with Gasteiger partial charge in [-0.2, -0.15) is 9.78 Å². The first kappa shape index (κ1) is 28.8. The minimum atomic E-state index is -0.972. The number of rotatable bonds is 11. The summed E-state index contributed by atoms with van der Waals surface area (Å²) in [5.41, 5.74) is 2.21. The van der Waals surface area contributed by atoms with E-state index in [0.29, 0.717) is 41.3 Å². The number of aryl methyl sites for hydroxylation is 1. The van der Waals surface area contributed by atoms with Crippen molar-refractivity contribution in [1.82, 2.24) is 9.66 Å². The van der Waals surface area contributed by atoms with Crippen molar-refractivity contribution in [2.45, 2.75) is 39.7 Å². The van der Waals surface area contributed by atoms with Crippen molar-refractivity contribution < 1.29 is 19.4 Å². The topological polar surface area (TPSA) is 103 Å². The third kappa shape index (κ3) is 7.04. The molecule has 0 amide bonds. The van der Waals surface area contributed by atoms with Gasteiger partial charge in [0.2, 0.25) is 0 Å². The van der Waals surface area contributed by atoms with Crippen molar-refractivity contribution in [3.63, 3.8) is 0 Å². The lowest BCUT2D eigenvalue weighted by Gasteiger charge is -2.15. The quantitative estimate of drug-likeness (QED) is 0.138. The first-order chi connectivity index (χ1) is 18.8. The molecule has 39 heavy (non-hydrogen) atoms. The van der Waals surface area contributed by atoms with Crippen LogP contribution in [0.3, 0.4) is 0 Å². The Balaban J connectivity index is 1.65. The van der Waals surface area contributed by atoms with E-state index in [1.165, 1.54) is 4.68 Å². The minimum Gasteiger partial charge on any atom is -0.490 e. The summed E-state index contributed by atoms with van der Waals surface area (Å²) >= 11 is 5.62. The number of hydrogen-bond acceptors (Lipinski definition) is 6.